The molecule has 0 atom stereocenters. The lowest BCUT2D eigenvalue weighted by atomic mass is 9.87. The Morgan fingerprint density at radius 3 is 2.58 bits per heavy atom. The first-order chi connectivity index (χ1) is 15.0. The molecule has 0 unspecified atom stereocenters. The lowest BCUT2D eigenvalue weighted by molar-refractivity contribution is -0.117. The van der Waals surface area contributed by atoms with Gasteiger partial charge in [-0.3, -0.25) is 4.79 Å². The summed E-state index contributed by atoms with van der Waals surface area (Å²) in [7, 11) is 3.17. The van der Waals surface area contributed by atoms with Crippen LogP contribution in [0.2, 0.25) is 0 Å². The van der Waals surface area contributed by atoms with Crippen molar-refractivity contribution in [3.8, 4) is 23.3 Å². The number of benzene rings is 1. The Morgan fingerprint density at radius 1 is 1.23 bits per heavy atom. The molecule has 3 aromatic rings. The molecule has 1 amide bonds. The van der Waals surface area contributed by atoms with E-state index >= 15 is 0 Å². The number of nitrogen functional groups attached to an aromatic ring is 1. The molecule has 1 aliphatic rings. The molecule has 0 aliphatic heterocycles. The average Bonchev–Trinajstić information content (AvgIpc) is 3.13. The van der Waals surface area contributed by atoms with Crippen molar-refractivity contribution in [2.75, 3.05) is 20.0 Å². The topological polar surface area (TPSA) is 117 Å². The number of hydrogen-bond donors (Lipinski definition) is 2. The summed E-state index contributed by atoms with van der Waals surface area (Å²) in [6.45, 7) is 3.48. The number of carbonyl (C=O) groups excluding carboxylic acids is 1. The lowest BCUT2D eigenvalue weighted by Gasteiger charge is -2.35. The van der Waals surface area contributed by atoms with Crippen molar-refractivity contribution >= 4 is 22.8 Å². The smallest absolute Gasteiger partial charge is 0.243 e. The van der Waals surface area contributed by atoms with Crippen molar-refractivity contribution in [1.29, 1.82) is 0 Å². The van der Waals surface area contributed by atoms with E-state index in [-0.39, 0.29) is 18.0 Å². The first kappa shape index (κ1) is 20.2. The molecule has 2 aromatic heterocycles. The second-order valence-electron chi connectivity index (χ2n) is 7.14. The summed E-state index contributed by atoms with van der Waals surface area (Å²) in [5.74, 6) is 7.61. The third-order valence-electron chi connectivity index (χ3n) is 5.19. The number of carbonyl (C=O) groups is 1. The minimum atomic E-state index is -0.180. The maximum atomic E-state index is 11.5. The quantitative estimate of drug-likeness (QED) is 0.479. The Balaban J connectivity index is 1.67. The number of methoxy groups -OCH3 is 2. The Hall–Kier alpha value is -4.06. The van der Waals surface area contributed by atoms with Crippen LogP contribution in [0.5, 0.6) is 11.5 Å². The van der Waals surface area contributed by atoms with Gasteiger partial charge in [0.25, 0.3) is 0 Å². The molecule has 3 N–H and O–H groups in total. The molecular formula is C22H22N6O3. The van der Waals surface area contributed by atoms with Gasteiger partial charge in [0.05, 0.1) is 25.6 Å². The van der Waals surface area contributed by atoms with Crippen molar-refractivity contribution in [3.63, 3.8) is 0 Å². The molecule has 4 rings (SSSR count). The number of nitrogens with one attached hydrogen (secondary N) is 1. The van der Waals surface area contributed by atoms with Crippen molar-refractivity contribution < 1.29 is 14.3 Å². The fraction of sp³-hybridized carbons (Fsp3) is 0.273. The average molecular weight is 418 g/mol. The molecule has 0 spiro atoms. The number of fused-ring (bicyclic) bond motifs is 1. The van der Waals surface area contributed by atoms with Crippen LogP contribution in [-0.4, -0.2) is 45.9 Å². The highest BCUT2D eigenvalue weighted by molar-refractivity contribution is 5.90. The van der Waals surface area contributed by atoms with Crippen LogP contribution in [0.15, 0.2) is 37.2 Å². The SMILES string of the molecule is C=CC(=O)NC1CC(n2nc(C#Cc3cc(OC)cc(OC)c3)c3c(N)ncnc32)C1. The molecule has 1 aliphatic carbocycles. The second-order valence-corrected chi connectivity index (χ2v) is 7.14. The van der Waals surface area contributed by atoms with Gasteiger partial charge >= 0.3 is 0 Å². The minimum Gasteiger partial charge on any atom is -0.497 e. The number of nitrogens with zero attached hydrogens (tertiary/aromatic N) is 4. The van der Waals surface area contributed by atoms with Crippen LogP contribution in [0.1, 0.15) is 30.1 Å². The summed E-state index contributed by atoms with van der Waals surface area (Å²) >= 11 is 0. The highest BCUT2D eigenvalue weighted by atomic mass is 16.5. The van der Waals surface area contributed by atoms with Crippen LogP contribution < -0.4 is 20.5 Å². The zero-order valence-corrected chi connectivity index (χ0v) is 17.3. The molecule has 9 heteroatoms. The van der Waals surface area contributed by atoms with E-state index in [1.54, 1.807) is 20.3 Å². The summed E-state index contributed by atoms with van der Waals surface area (Å²) in [5, 5.41) is 8.18. The van der Waals surface area contributed by atoms with Crippen LogP contribution in [0.4, 0.5) is 5.82 Å². The van der Waals surface area contributed by atoms with Gasteiger partial charge in [0.2, 0.25) is 5.91 Å². The maximum absolute atomic E-state index is 11.5. The van der Waals surface area contributed by atoms with Gasteiger partial charge in [0.15, 0.2) is 5.65 Å². The highest BCUT2D eigenvalue weighted by Gasteiger charge is 2.34. The van der Waals surface area contributed by atoms with Crippen molar-refractivity contribution in [3.05, 3.63) is 48.4 Å². The standard InChI is InChI=1S/C22H22N6O3/c1-4-19(29)26-14-9-15(10-14)28-22-20(21(23)24-12-25-22)18(27-28)6-5-13-7-16(30-2)11-17(8-13)31-3/h4,7-8,11-12,14-15H,1,9-10H2,2-3H3,(H,26,29)(H2,23,24,25). The third kappa shape index (κ3) is 4.00. The van der Waals surface area contributed by atoms with Gasteiger partial charge in [-0.2, -0.15) is 5.10 Å². The number of anilines is 1. The van der Waals surface area contributed by atoms with E-state index in [9.17, 15) is 4.79 Å². The van der Waals surface area contributed by atoms with Gasteiger partial charge in [0.1, 0.15) is 29.3 Å². The van der Waals surface area contributed by atoms with Crippen molar-refractivity contribution in [1.82, 2.24) is 25.1 Å². The second kappa shape index (κ2) is 8.36. The van der Waals surface area contributed by atoms with E-state index in [1.165, 1.54) is 12.4 Å². The lowest BCUT2D eigenvalue weighted by Crippen LogP contribution is -2.44. The zero-order valence-electron chi connectivity index (χ0n) is 17.3. The fourth-order valence-corrected chi connectivity index (χ4v) is 3.51. The molecule has 1 fully saturated rings. The van der Waals surface area contributed by atoms with Crippen LogP contribution in [0.25, 0.3) is 11.0 Å². The first-order valence-corrected chi connectivity index (χ1v) is 9.69. The van der Waals surface area contributed by atoms with Crippen LogP contribution in [0.3, 0.4) is 0 Å². The van der Waals surface area contributed by atoms with E-state index < -0.39 is 0 Å². The van der Waals surface area contributed by atoms with Crippen LogP contribution in [-0.2, 0) is 4.79 Å². The van der Waals surface area contributed by atoms with Gasteiger partial charge in [-0.25, -0.2) is 14.6 Å². The predicted octanol–water partition coefficient (Wildman–Crippen LogP) is 1.83. The monoisotopic (exact) mass is 418 g/mol. The van der Waals surface area contributed by atoms with Gasteiger partial charge in [-0.1, -0.05) is 12.5 Å². The summed E-state index contributed by atoms with van der Waals surface area (Å²) < 4.78 is 12.4. The molecule has 0 bridgehead atoms. The fourth-order valence-electron chi connectivity index (χ4n) is 3.51. The first-order valence-electron chi connectivity index (χ1n) is 9.69. The number of hydrogen-bond acceptors (Lipinski definition) is 7. The Morgan fingerprint density at radius 2 is 1.94 bits per heavy atom. The third-order valence-corrected chi connectivity index (χ3v) is 5.19. The van der Waals surface area contributed by atoms with E-state index in [2.05, 4.69) is 38.8 Å². The zero-order chi connectivity index (χ0) is 22.0. The molecule has 1 saturated carbocycles. The number of amides is 1. The van der Waals surface area contributed by atoms with E-state index in [0.717, 1.165) is 12.8 Å². The molecular weight excluding hydrogens is 396 g/mol. The summed E-state index contributed by atoms with van der Waals surface area (Å²) in [5.41, 5.74) is 7.95. The molecule has 1 aromatic carbocycles. The number of aromatic nitrogens is 4. The van der Waals surface area contributed by atoms with E-state index in [4.69, 9.17) is 15.2 Å². The number of ether oxygens (including phenoxy) is 2. The highest BCUT2D eigenvalue weighted by Crippen LogP contribution is 2.35. The van der Waals surface area contributed by atoms with Gasteiger partial charge in [0, 0.05) is 17.7 Å². The van der Waals surface area contributed by atoms with Gasteiger partial charge in [-0.05, 0) is 37.0 Å². The van der Waals surface area contributed by atoms with Crippen LogP contribution >= 0.6 is 0 Å². The number of rotatable bonds is 5. The van der Waals surface area contributed by atoms with Gasteiger partial charge < -0.3 is 20.5 Å². The van der Waals surface area contributed by atoms with E-state index in [0.29, 0.717) is 39.6 Å². The molecule has 158 valence electrons. The Kier molecular flexibility index (Phi) is 5.45. The molecule has 2 heterocycles. The molecule has 0 radical (unpaired) electrons. The summed E-state index contributed by atoms with van der Waals surface area (Å²) in [6.07, 6.45) is 4.15. The maximum Gasteiger partial charge on any atom is 0.243 e. The van der Waals surface area contributed by atoms with E-state index in [1.807, 2.05) is 16.8 Å². The molecule has 31 heavy (non-hydrogen) atoms. The molecule has 9 nitrogen and oxygen atoms in total. The predicted molar refractivity (Wildman–Crippen MR) is 116 cm³/mol. The summed E-state index contributed by atoms with van der Waals surface area (Å²) in [6, 6.07) is 5.56. The number of nitrogens with two attached hydrogens (primary N) is 1. The van der Waals surface area contributed by atoms with Crippen LogP contribution in [0, 0.1) is 11.8 Å². The van der Waals surface area contributed by atoms with Crippen molar-refractivity contribution in [2.45, 2.75) is 24.9 Å². The Labute approximate surface area is 179 Å². The summed E-state index contributed by atoms with van der Waals surface area (Å²) in [4.78, 5) is 20.0. The molecule has 0 saturated heterocycles. The normalized spacial score (nSPS) is 17.2. The largest absolute Gasteiger partial charge is 0.497 e. The Bertz CT molecular complexity index is 1190. The minimum absolute atomic E-state index is 0.0766. The van der Waals surface area contributed by atoms with Gasteiger partial charge in [-0.15, -0.1) is 0 Å². The van der Waals surface area contributed by atoms with Crippen molar-refractivity contribution in [2.24, 2.45) is 0 Å².